The second-order valence-corrected chi connectivity index (χ2v) is 10.7. The van der Waals surface area contributed by atoms with E-state index in [0.29, 0.717) is 40.0 Å². The van der Waals surface area contributed by atoms with Crippen molar-refractivity contribution in [3.63, 3.8) is 0 Å². The molecule has 1 saturated heterocycles. The summed E-state index contributed by atoms with van der Waals surface area (Å²) in [5, 5.41) is 8.30. The van der Waals surface area contributed by atoms with E-state index in [1.165, 1.54) is 26.0 Å². The van der Waals surface area contributed by atoms with Crippen molar-refractivity contribution in [2.24, 2.45) is 11.8 Å². The van der Waals surface area contributed by atoms with Crippen molar-refractivity contribution in [2.45, 2.75) is 18.6 Å². The number of esters is 2. The van der Waals surface area contributed by atoms with Crippen molar-refractivity contribution in [1.82, 2.24) is 15.0 Å². The van der Waals surface area contributed by atoms with Gasteiger partial charge in [-0.3, -0.25) is 9.59 Å². The number of cyclic esters (lactones) is 1. The van der Waals surface area contributed by atoms with Crippen LogP contribution in [0.4, 0.5) is 0 Å². The maximum absolute atomic E-state index is 13.4. The number of hydrogen-bond donors (Lipinski definition) is 0. The van der Waals surface area contributed by atoms with E-state index in [0.717, 1.165) is 16.7 Å². The highest BCUT2D eigenvalue weighted by atomic mass is 16.7. The highest BCUT2D eigenvalue weighted by molar-refractivity contribution is 5.79. The summed E-state index contributed by atoms with van der Waals surface area (Å²) in [6, 6.07) is 16.9. The van der Waals surface area contributed by atoms with Gasteiger partial charge in [-0.2, -0.15) is 0 Å². The lowest BCUT2D eigenvalue weighted by Gasteiger charge is -2.38. The van der Waals surface area contributed by atoms with Crippen molar-refractivity contribution in [3.8, 4) is 40.0 Å². The average molecular weight is 600 g/mol. The van der Waals surface area contributed by atoms with Gasteiger partial charge in [0.1, 0.15) is 18.3 Å². The maximum Gasteiger partial charge on any atom is 0.328 e. The molecule has 3 heterocycles. The lowest BCUT2D eigenvalue weighted by atomic mass is 9.66. The van der Waals surface area contributed by atoms with E-state index >= 15 is 0 Å². The van der Waals surface area contributed by atoms with Gasteiger partial charge in [-0.15, -0.1) is 5.10 Å². The molecule has 0 N–H and O–H groups in total. The first kappa shape index (κ1) is 27.6. The van der Waals surface area contributed by atoms with Crippen molar-refractivity contribution in [3.05, 3.63) is 77.5 Å². The number of ether oxygens (including phenoxy) is 7. The third kappa shape index (κ3) is 4.62. The van der Waals surface area contributed by atoms with E-state index in [9.17, 15) is 9.59 Å². The molecule has 226 valence electrons. The van der Waals surface area contributed by atoms with Crippen LogP contribution in [0.15, 0.2) is 60.8 Å². The minimum atomic E-state index is -0.793. The molecule has 44 heavy (non-hydrogen) atoms. The molecule has 0 bridgehead atoms. The summed E-state index contributed by atoms with van der Waals surface area (Å²) < 4.78 is 41.4. The largest absolute Gasteiger partial charge is 0.493 e. The fraction of sp³-hybridized carbons (Fsp3) is 0.312. The molecule has 7 rings (SSSR count). The van der Waals surface area contributed by atoms with E-state index in [1.54, 1.807) is 6.20 Å². The molecule has 0 radical (unpaired) electrons. The Labute approximate surface area is 252 Å². The Morgan fingerprint density at radius 1 is 0.932 bits per heavy atom. The Hall–Kier alpha value is -5.26. The number of hydrogen-bond acceptors (Lipinski definition) is 11. The summed E-state index contributed by atoms with van der Waals surface area (Å²) in [7, 11) is 4.60. The Balaban J connectivity index is 1.27. The molecule has 3 aliphatic rings. The molecule has 12 nitrogen and oxygen atoms in total. The van der Waals surface area contributed by atoms with Crippen LogP contribution in [0.5, 0.6) is 28.7 Å². The van der Waals surface area contributed by atoms with E-state index in [1.807, 2.05) is 54.6 Å². The van der Waals surface area contributed by atoms with Gasteiger partial charge in [0.2, 0.25) is 12.5 Å². The van der Waals surface area contributed by atoms with Gasteiger partial charge in [-0.1, -0.05) is 35.5 Å². The third-order valence-corrected chi connectivity index (χ3v) is 8.32. The van der Waals surface area contributed by atoms with Gasteiger partial charge in [-0.05, 0) is 35.4 Å². The van der Waals surface area contributed by atoms with Crippen LogP contribution in [-0.2, 0) is 25.6 Å². The molecule has 0 saturated carbocycles. The van der Waals surface area contributed by atoms with Crippen molar-refractivity contribution >= 4 is 11.9 Å². The Kier molecular flexibility index (Phi) is 6.96. The van der Waals surface area contributed by atoms with Gasteiger partial charge in [0.25, 0.3) is 0 Å². The smallest absolute Gasteiger partial charge is 0.328 e. The monoisotopic (exact) mass is 599 g/mol. The molecule has 1 aromatic heterocycles. The summed E-state index contributed by atoms with van der Waals surface area (Å²) in [4.78, 5) is 26.8. The van der Waals surface area contributed by atoms with Crippen LogP contribution in [0.25, 0.3) is 11.3 Å². The van der Waals surface area contributed by atoms with Crippen LogP contribution in [-0.4, -0.2) is 61.7 Å². The number of rotatable bonds is 8. The summed E-state index contributed by atoms with van der Waals surface area (Å²) in [5.41, 5.74) is 3.70. The second kappa shape index (κ2) is 11.1. The highest BCUT2D eigenvalue weighted by Crippen LogP contribution is 2.56. The standard InChI is InChI=1S/C32H29N3O9/c1-38-25-9-18(10-26(39-2)31(25)40-3)28-19-11-23-24(43-16-42-23)12-20(19)30(21-15-41-32(37)29(21)28)44-27(36)14-35-13-22(33-34-35)17-7-5-4-6-8-17/h4-13,21,28-30H,14-16H2,1-3H3/t21-,28+,29-,30-/m0/s1. The molecule has 12 heteroatoms. The van der Waals surface area contributed by atoms with Crippen molar-refractivity contribution < 1.29 is 42.7 Å². The predicted molar refractivity (Wildman–Crippen MR) is 153 cm³/mol. The number of methoxy groups -OCH3 is 3. The molecule has 0 unspecified atom stereocenters. The number of benzene rings is 3. The van der Waals surface area contributed by atoms with Crippen molar-refractivity contribution in [1.29, 1.82) is 0 Å². The Morgan fingerprint density at radius 3 is 2.32 bits per heavy atom. The maximum atomic E-state index is 13.4. The number of fused-ring (bicyclic) bond motifs is 3. The lowest BCUT2D eigenvalue weighted by molar-refractivity contribution is -0.155. The van der Waals surface area contributed by atoms with Gasteiger partial charge in [0, 0.05) is 23.0 Å². The molecule has 4 atom stereocenters. The van der Waals surface area contributed by atoms with Gasteiger partial charge < -0.3 is 33.2 Å². The van der Waals surface area contributed by atoms with Crippen LogP contribution in [0.3, 0.4) is 0 Å². The van der Waals surface area contributed by atoms with Crippen molar-refractivity contribution in [2.75, 3.05) is 34.7 Å². The minimum Gasteiger partial charge on any atom is -0.493 e. The average Bonchev–Trinajstić information content (AvgIpc) is 3.80. The first-order valence-corrected chi connectivity index (χ1v) is 14.0. The first-order chi connectivity index (χ1) is 21.5. The molecule has 1 aliphatic carbocycles. The zero-order valence-corrected chi connectivity index (χ0v) is 24.2. The topological polar surface area (TPSA) is 129 Å². The first-order valence-electron chi connectivity index (χ1n) is 14.0. The molecule has 3 aromatic carbocycles. The normalized spacial score (nSPS) is 21.2. The molecule has 0 spiro atoms. The summed E-state index contributed by atoms with van der Waals surface area (Å²) in [5.74, 6) is -0.166. The molecule has 1 fully saturated rings. The van der Waals surface area contributed by atoms with Crippen LogP contribution in [0.1, 0.15) is 28.7 Å². The second-order valence-electron chi connectivity index (χ2n) is 10.7. The summed E-state index contributed by atoms with van der Waals surface area (Å²) in [6.45, 7) is -0.0288. The minimum absolute atomic E-state index is 0.0580. The Bertz CT molecular complexity index is 1710. The van der Waals surface area contributed by atoms with Crippen LogP contribution in [0.2, 0.25) is 0 Å². The van der Waals surface area contributed by atoms with Gasteiger partial charge in [0.15, 0.2) is 23.0 Å². The predicted octanol–water partition coefficient (Wildman–Crippen LogP) is 3.92. The van der Waals surface area contributed by atoms with Crippen LogP contribution in [0, 0.1) is 11.8 Å². The van der Waals surface area contributed by atoms with Gasteiger partial charge in [0.05, 0.1) is 40.1 Å². The Morgan fingerprint density at radius 2 is 1.64 bits per heavy atom. The number of carbonyl (C=O) groups is 2. The zero-order valence-electron chi connectivity index (χ0n) is 24.2. The quantitative estimate of drug-likeness (QED) is 0.273. The van der Waals surface area contributed by atoms with E-state index in [2.05, 4.69) is 10.3 Å². The number of carbonyl (C=O) groups excluding carboxylic acids is 2. The fourth-order valence-electron chi connectivity index (χ4n) is 6.37. The number of aromatic nitrogens is 3. The van der Waals surface area contributed by atoms with E-state index < -0.39 is 29.8 Å². The SMILES string of the molecule is COc1cc([C@@H]2c3cc4c(cc3[C@H](OC(=O)Cn3cc(-c5ccccc5)nn3)[C@H]3COC(=O)[C@H]23)OCO4)cc(OC)c1OC. The van der Waals surface area contributed by atoms with E-state index in [4.69, 9.17) is 33.2 Å². The summed E-state index contributed by atoms with van der Waals surface area (Å²) >= 11 is 0. The fourth-order valence-corrected chi connectivity index (χ4v) is 6.37. The molecule has 4 aromatic rings. The third-order valence-electron chi connectivity index (χ3n) is 8.32. The van der Waals surface area contributed by atoms with Crippen LogP contribution >= 0.6 is 0 Å². The molecule has 0 amide bonds. The van der Waals surface area contributed by atoms with Gasteiger partial charge in [-0.25, -0.2) is 4.68 Å². The zero-order chi connectivity index (χ0) is 30.4. The lowest BCUT2D eigenvalue weighted by Crippen LogP contribution is -2.37. The highest BCUT2D eigenvalue weighted by Gasteiger charge is 2.54. The molecular formula is C32H29N3O9. The van der Waals surface area contributed by atoms with Crippen LogP contribution < -0.4 is 23.7 Å². The van der Waals surface area contributed by atoms with E-state index in [-0.39, 0.29) is 25.9 Å². The molecular weight excluding hydrogens is 570 g/mol. The summed E-state index contributed by atoms with van der Waals surface area (Å²) in [6.07, 6.45) is 0.897. The number of nitrogens with zero attached hydrogens (tertiary/aromatic N) is 3. The van der Waals surface area contributed by atoms with Gasteiger partial charge >= 0.3 is 11.9 Å². The molecule has 2 aliphatic heterocycles.